The van der Waals surface area contributed by atoms with Crippen LogP contribution in [0.3, 0.4) is 0 Å². The maximum Gasteiger partial charge on any atom is 0.258 e. The number of fused-ring (bicyclic) bond motifs is 8. The molecular weight excluding hydrogens is 679 g/mol. The Morgan fingerprint density at radius 2 is 1.04 bits per heavy atom. The highest BCUT2D eigenvalue weighted by Gasteiger charge is 2.44. The summed E-state index contributed by atoms with van der Waals surface area (Å²) in [5.74, 6) is 1.84. The van der Waals surface area contributed by atoms with Gasteiger partial charge in [-0.15, -0.1) is 0 Å². The molecule has 0 unspecified atom stereocenters. The van der Waals surface area contributed by atoms with Crippen LogP contribution >= 0.6 is 0 Å². The van der Waals surface area contributed by atoms with Gasteiger partial charge < -0.3 is 14.5 Å². The molecule has 0 fully saturated rings. The summed E-state index contributed by atoms with van der Waals surface area (Å²) in [5.41, 5.74) is 13.1. The van der Waals surface area contributed by atoms with Gasteiger partial charge in [0.15, 0.2) is 0 Å². The topological polar surface area (TPSA) is 15.7 Å². The molecule has 56 heavy (non-hydrogen) atoms. The summed E-state index contributed by atoms with van der Waals surface area (Å²) in [6.45, 7) is 13.9. The van der Waals surface area contributed by atoms with Crippen molar-refractivity contribution in [3.05, 3.63) is 175 Å². The van der Waals surface area contributed by atoms with Crippen molar-refractivity contribution in [1.29, 1.82) is 0 Å². The standard InChI is InChI=1S/C52H45BN2O/c1-51(2,3)35-30-36(52(4,5)6)32-39(31-35)55-43-26-17-27-46-50(43)53(49-40-23-14-13-18-34(40)28-29-47(49)56-46)48-42-25-16-15-24-41(42)44(33-45(48)55)54(37-19-9-7-10-20-37)38-21-11-8-12-22-38/h7-33H,1-6H3. The van der Waals surface area contributed by atoms with Crippen molar-refractivity contribution in [2.75, 3.05) is 9.80 Å². The first-order valence-electron chi connectivity index (χ1n) is 19.8. The third-order valence-corrected chi connectivity index (χ3v) is 11.8. The van der Waals surface area contributed by atoms with Crippen molar-refractivity contribution >= 4 is 78.8 Å². The van der Waals surface area contributed by atoms with E-state index in [-0.39, 0.29) is 17.5 Å². The fourth-order valence-corrected chi connectivity index (χ4v) is 8.95. The minimum absolute atomic E-state index is 0.0554. The summed E-state index contributed by atoms with van der Waals surface area (Å²) in [4.78, 5) is 4.96. The first kappa shape index (κ1) is 34.3. The Morgan fingerprint density at radius 3 is 1.68 bits per heavy atom. The molecule has 3 nitrogen and oxygen atoms in total. The summed E-state index contributed by atoms with van der Waals surface area (Å²) in [7, 11) is 0. The highest BCUT2D eigenvalue weighted by atomic mass is 16.5. The molecule has 8 aromatic rings. The molecule has 0 radical (unpaired) electrons. The molecule has 0 saturated heterocycles. The van der Waals surface area contributed by atoms with Crippen LogP contribution in [0.2, 0.25) is 0 Å². The summed E-state index contributed by atoms with van der Waals surface area (Å²) in [6, 6.07) is 60.1. The van der Waals surface area contributed by atoms with E-state index < -0.39 is 0 Å². The van der Waals surface area contributed by atoms with Gasteiger partial charge in [-0.05, 0) is 115 Å². The Bertz CT molecular complexity index is 2740. The molecule has 8 aromatic carbocycles. The molecular formula is C52H45BN2O. The van der Waals surface area contributed by atoms with Crippen molar-refractivity contribution in [3.8, 4) is 11.5 Å². The number of anilines is 6. The Hall–Kier alpha value is -6.26. The Balaban J connectivity index is 1.37. The number of para-hydroxylation sites is 2. The van der Waals surface area contributed by atoms with E-state index in [1.54, 1.807) is 0 Å². The van der Waals surface area contributed by atoms with Crippen LogP contribution in [0.15, 0.2) is 164 Å². The first-order valence-corrected chi connectivity index (χ1v) is 19.8. The van der Waals surface area contributed by atoms with E-state index >= 15 is 0 Å². The molecule has 0 saturated carbocycles. The predicted octanol–water partition coefficient (Wildman–Crippen LogP) is 12.5. The third kappa shape index (κ3) is 5.42. The minimum Gasteiger partial charge on any atom is -0.458 e. The van der Waals surface area contributed by atoms with Crippen LogP contribution in [-0.2, 0) is 10.8 Å². The van der Waals surface area contributed by atoms with E-state index in [0.29, 0.717) is 0 Å². The van der Waals surface area contributed by atoms with Gasteiger partial charge >= 0.3 is 0 Å². The molecule has 2 aliphatic rings. The molecule has 0 bridgehead atoms. The van der Waals surface area contributed by atoms with Crippen molar-refractivity contribution < 1.29 is 4.74 Å². The average Bonchev–Trinajstić information content (AvgIpc) is 3.20. The zero-order valence-electron chi connectivity index (χ0n) is 33.0. The van der Waals surface area contributed by atoms with Crippen LogP contribution in [0.5, 0.6) is 11.5 Å². The number of benzene rings is 8. The molecule has 0 aromatic heterocycles. The Morgan fingerprint density at radius 1 is 0.464 bits per heavy atom. The quantitative estimate of drug-likeness (QED) is 0.168. The molecule has 10 rings (SSSR count). The largest absolute Gasteiger partial charge is 0.458 e. The van der Waals surface area contributed by atoms with Gasteiger partial charge in [0.1, 0.15) is 11.5 Å². The fourth-order valence-electron chi connectivity index (χ4n) is 8.95. The van der Waals surface area contributed by atoms with Crippen LogP contribution in [0, 0.1) is 0 Å². The lowest BCUT2D eigenvalue weighted by Gasteiger charge is -2.42. The first-order chi connectivity index (χ1) is 27.1. The van der Waals surface area contributed by atoms with Crippen LogP contribution in [0.25, 0.3) is 21.5 Å². The third-order valence-electron chi connectivity index (χ3n) is 11.8. The maximum absolute atomic E-state index is 6.94. The summed E-state index contributed by atoms with van der Waals surface area (Å²) < 4.78 is 6.94. The number of hydrogen-bond donors (Lipinski definition) is 0. The molecule has 0 spiro atoms. The smallest absolute Gasteiger partial charge is 0.258 e. The lowest BCUT2D eigenvalue weighted by Crippen LogP contribution is -2.60. The highest BCUT2D eigenvalue weighted by Crippen LogP contribution is 2.48. The van der Waals surface area contributed by atoms with Gasteiger partial charge in [-0.2, -0.15) is 0 Å². The molecule has 4 heteroatoms. The number of hydrogen-bond acceptors (Lipinski definition) is 3. The van der Waals surface area contributed by atoms with Gasteiger partial charge in [0.25, 0.3) is 6.71 Å². The van der Waals surface area contributed by atoms with E-state index in [4.69, 9.17) is 4.74 Å². The zero-order chi connectivity index (χ0) is 38.3. The predicted molar refractivity (Wildman–Crippen MR) is 239 cm³/mol. The molecule has 2 aliphatic heterocycles. The van der Waals surface area contributed by atoms with E-state index in [1.165, 1.54) is 54.7 Å². The van der Waals surface area contributed by atoms with E-state index in [0.717, 1.165) is 39.9 Å². The molecule has 0 aliphatic carbocycles. The molecule has 2 heterocycles. The average molecular weight is 725 g/mol. The van der Waals surface area contributed by atoms with Gasteiger partial charge in [0, 0.05) is 33.8 Å². The van der Waals surface area contributed by atoms with Gasteiger partial charge in [0.2, 0.25) is 0 Å². The second-order valence-electron chi connectivity index (χ2n) is 17.4. The fraction of sp³-hybridized carbons (Fsp3) is 0.154. The maximum atomic E-state index is 6.94. The van der Waals surface area contributed by atoms with Gasteiger partial charge in [-0.3, -0.25) is 0 Å². The van der Waals surface area contributed by atoms with Crippen LogP contribution in [0.4, 0.5) is 34.1 Å². The van der Waals surface area contributed by atoms with Crippen molar-refractivity contribution in [1.82, 2.24) is 0 Å². The normalized spacial score (nSPS) is 13.2. The van der Waals surface area contributed by atoms with Crippen molar-refractivity contribution in [2.45, 2.75) is 52.4 Å². The molecule has 272 valence electrons. The van der Waals surface area contributed by atoms with Crippen LogP contribution in [-0.4, -0.2) is 6.71 Å². The lowest BCUT2D eigenvalue weighted by molar-refractivity contribution is 0.488. The monoisotopic (exact) mass is 724 g/mol. The van der Waals surface area contributed by atoms with Gasteiger partial charge in [-0.1, -0.05) is 145 Å². The van der Waals surface area contributed by atoms with Crippen molar-refractivity contribution in [3.63, 3.8) is 0 Å². The second kappa shape index (κ2) is 12.6. The van der Waals surface area contributed by atoms with E-state index in [1.807, 2.05) is 0 Å². The number of nitrogens with zero attached hydrogens (tertiary/aromatic N) is 2. The van der Waals surface area contributed by atoms with Crippen molar-refractivity contribution in [2.24, 2.45) is 0 Å². The van der Waals surface area contributed by atoms with Crippen LogP contribution < -0.4 is 30.9 Å². The Kier molecular flexibility index (Phi) is 7.73. The number of ether oxygens (including phenoxy) is 1. The second-order valence-corrected chi connectivity index (χ2v) is 17.4. The van der Waals surface area contributed by atoms with E-state index in [2.05, 4.69) is 215 Å². The summed E-state index contributed by atoms with van der Waals surface area (Å²) in [5, 5.41) is 4.87. The van der Waals surface area contributed by atoms with Gasteiger partial charge in [-0.25, -0.2) is 0 Å². The summed E-state index contributed by atoms with van der Waals surface area (Å²) >= 11 is 0. The zero-order valence-corrected chi connectivity index (χ0v) is 33.0. The lowest BCUT2D eigenvalue weighted by atomic mass is 9.33. The van der Waals surface area contributed by atoms with E-state index in [9.17, 15) is 0 Å². The highest BCUT2D eigenvalue weighted by molar-refractivity contribution is 7.02. The van der Waals surface area contributed by atoms with Crippen LogP contribution in [0.1, 0.15) is 52.7 Å². The minimum atomic E-state index is -0.0592. The van der Waals surface area contributed by atoms with Gasteiger partial charge in [0.05, 0.1) is 5.69 Å². The molecule has 0 N–H and O–H groups in total. The number of rotatable bonds is 4. The SMILES string of the molecule is CC(C)(C)c1cc(N2c3cccc4c3B(c3c(ccc5ccccc35)O4)c3c2cc(N(c2ccccc2)c2ccccc2)c2ccccc32)cc(C(C)(C)C)c1. The molecule has 0 amide bonds. The Labute approximate surface area is 330 Å². The molecule has 0 atom stereocenters. The summed E-state index contributed by atoms with van der Waals surface area (Å²) in [6.07, 6.45) is 0.